The van der Waals surface area contributed by atoms with Crippen LogP contribution in [0.5, 0.6) is 0 Å². The molecule has 3 nitrogen and oxygen atoms in total. The van der Waals surface area contributed by atoms with Crippen molar-refractivity contribution >= 4 is 40.5 Å². The SMILES string of the molecule is CC1(C)CC(=O)C2=C(C1)N(c1ccccc1)C1=C(C(=O)CC(C)(C)C1)C2c1ccc(Cl)cc1Cl. The standard InChI is InChI=1S/C29H29Cl2NO2/c1-28(2)13-21-26(23(33)15-28)25(19-11-10-17(30)12-20(19)31)27-22(14-29(3,4)16-24(27)34)32(21)18-8-6-5-7-9-18/h5-12,25H,13-16H2,1-4H3. The molecule has 34 heavy (non-hydrogen) atoms. The summed E-state index contributed by atoms with van der Waals surface area (Å²) in [6.45, 7) is 8.56. The molecule has 0 saturated carbocycles. The van der Waals surface area contributed by atoms with Gasteiger partial charge in [-0.25, -0.2) is 0 Å². The van der Waals surface area contributed by atoms with Gasteiger partial charge in [-0.2, -0.15) is 0 Å². The van der Waals surface area contributed by atoms with Gasteiger partial charge < -0.3 is 4.90 Å². The Morgan fingerprint density at radius 2 is 1.29 bits per heavy atom. The molecule has 0 aromatic heterocycles. The fraction of sp³-hybridized carbons (Fsp3) is 0.379. The van der Waals surface area contributed by atoms with E-state index in [2.05, 4.69) is 44.7 Å². The second-order valence-electron chi connectivity index (χ2n) is 11.4. The maximum absolute atomic E-state index is 13.8. The zero-order valence-corrected chi connectivity index (χ0v) is 21.6. The van der Waals surface area contributed by atoms with Crippen molar-refractivity contribution in [3.8, 4) is 0 Å². The number of allylic oxidation sites excluding steroid dienone is 4. The number of hydrogen-bond acceptors (Lipinski definition) is 3. The molecule has 0 saturated heterocycles. The highest BCUT2D eigenvalue weighted by atomic mass is 35.5. The van der Waals surface area contributed by atoms with Crippen molar-refractivity contribution in [1.29, 1.82) is 0 Å². The summed E-state index contributed by atoms with van der Waals surface area (Å²) < 4.78 is 0. The van der Waals surface area contributed by atoms with E-state index in [9.17, 15) is 9.59 Å². The molecular formula is C29H29Cl2NO2. The second-order valence-corrected chi connectivity index (χ2v) is 12.2. The fourth-order valence-corrected chi connectivity index (χ4v) is 6.42. The highest BCUT2D eigenvalue weighted by Crippen LogP contribution is 2.56. The molecule has 1 aliphatic heterocycles. The summed E-state index contributed by atoms with van der Waals surface area (Å²) in [6.07, 6.45) is 2.38. The number of anilines is 1. The number of carbonyl (C=O) groups is 2. The highest BCUT2D eigenvalue weighted by molar-refractivity contribution is 6.35. The van der Waals surface area contributed by atoms with Crippen LogP contribution in [0.4, 0.5) is 5.69 Å². The summed E-state index contributed by atoms with van der Waals surface area (Å²) in [4.78, 5) is 29.8. The Balaban J connectivity index is 1.85. The largest absolute Gasteiger partial charge is 0.317 e. The Labute approximate surface area is 211 Å². The minimum absolute atomic E-state index is 0.0902. The molecule has 0 fully saturated rings. The quantitative estimate of drug-likeness (QED) is 0.426. The first-order valence-corrected chi connectivity index (χ1v) is 12.6. The van der Waals surface area contributed by atoms with Gasteiger partial charge in [-0.1, -0.05) is 75.2 Å². The van der Waals surface area contributed by atoms with Crippen LogP contribution in [0.3, 0.4) is 0 Å². The predicted octanol–water partition coefficient (Wildman–Crippen LogP) is 7.88. The second kappa shape index (κ2) is 8.10. The van der Waals surface area contributed by atoms with Crippen LogP contribution in [0, 0.1) is 10.8 Å². The summed E-state index contributed by atoms with van der Waals surface area (Å²) in [5, 5.41) is 1.02. The molecule has 0 amide bonds. The number of para-hydroxylation sites is 1. The van der Waals surface area contributed by atoms with E-state index in [-0.39, 0.29) is 22.4 Å². The Hall–Kier alpha value is -2.36. The Kier molecular flexibility index (Phi) is 5.57. The van der Waals surface area contributed by atoms with Gasteiger partial charge in [0.2, 0.25) is 0 Å². The van der Waals surface area contributed by atoms with Crippen molar-refractivity contribution in [2.24, 2.45) is 10.8 Å². The number of carbonyl (C=O) groups excluding carboxylic acids is 2. The minimum Gasteiger partial charge on any atom is -0.317 e. The van der Waals surface area contributed by atoms with Crippen LogP contribution in [0.25, 0.3) is 0 Å². The van der Waals surface area contributed by atoms with E-state index < -0.39 is 5.92 Å². The Morgan fingerprint density at radius 3 is 1.79 bits per heavy atom. The molecule has 5 rings (SSSR count). The molecule has 0 N–H and O–H groups in total. The van der Waals surface area contributed by atoms with Crippen LogP contribution in [-0.4, -0.2) is 11.6 Å². The summed E-state index contributed by atoms with van der Waals surface area (Å²) >= 11 is 12.9. The Bertz CT molecular complexity index is 1220. The molecule has 0 bridgehead atoms. The monoisotopic (exact) mass is 493 g/mol. The lowest BCUT2D eigenvalue weighted by atomic mass is 9.63. The molecule has 2 aromatic carbocycles. The van der Waals surface area contributed by atoms with Crippen molar-refractivity contribution in [3.63, 3.8) is 0 Å². The number of halogens is 2. The predicted molar refractivity (Wildman–Crippen MR) is 138 cm³/mol. The smallest absolute Gasteiger partial charge is 0.162 e. The van der Waals surface area contributed by atoms with E-state index in [4.69, 9.17) is 23.2 Å². The van der Waals surface area contributed by atoms with Crippen LogP contribution >= 0.6 is 23.2 Å². The first kappa shape index (κ1) is 23.4. The average molecular weight is 494 g/mol. The topological polar surface area (TPSA) is 37.4 Å². The zero-order chi connectivity index (χ0) is 24.4. The van der Waals surface area contributed by atoms with Gasteiger partial charge >= 0.3 is 0 Å². The van der Waals surface area contributed by atoms with E-state index in [1.165, 1.54) is 0 Å². The maximum Gasteiger partial charge on any atom is 0.162 e. The van der Waals surface area contributed by atoms with E-state index in [1.807, 2.05) is 24.3 Å². The number of benzene rings is 2. The number of ketones is 2. The van der Waals surface area contributed by atoms with Gasteiger partial charge in [0.25, 0.3) is 0 Å². The van der Waals surface area contributed by atoms with Crippen molar-refractivity contribution < 1.29 is 9.59 Å². The molecule has 2 aromatic rings. The number of hydrogen-bond donors (Lipinski definition) is 0. The van der Waals surface area contributed by atoms with E-state index in [0.717, 1.165) is 35.5 Å². The first-order chi connectivity index (χ1) is 16.0. The van der Waals surface area contributed by atoms with Crippen molar-refractivity contribution in [3.05, 3.63) is 86.7 Å². The zero-order valence-electron chi connectivity index (χ0n) is 20.0. The summed E-state index contributed by atoms with van der Waals surface area (Å²) in [5.41, 5.74) is 4.81. The van der Waals surface area contributed by atoms with Crippen LogP contribution in [0.1, 0.15) is 64.9 Å². The van der Waals surface area contributed by atoms with Gasteiger partial charge in [-0.3, -0.25) is 9.59 Å². The molecule has 0 unspecified atom stereocenters. The summed E-state index contributed by atoms with van der Waals surface area (Å²) in [5.74, 6) is -0.290. The van der Waals surface area contributed by atoms with Gasteiger partial charge in [0.15, 0.2) is 11.6 Å². The lowest BCUT2D eigenvalue weighted by Gasteiger charge is -2.49. The highest BCUT2D eigenvalue weighted by Gasteiger charge is 2.49. The number of rotatable bonds is 2. The summed E-state index contributed by atoms with van der Waals surface area (Å²) in [6, 6.07) is 15.5. The van der Waals surface area contributed by atoms with Crippen LogP contribution in [0.2, 0.25) is 10.0 Å². The lowest BCUT2D eigenvalue weighted by molar-refractivity contribution is -0.119. The first-order valence-electron chi connectivity index (χ1n) is 11.8. The van der Waals surface area contributed by atoms with Crippen molar-refractivity contribution in [1.82, 2.24) is 0 Å². The van der Waals surface area contributed by atoms with Crippen molar-refractivity contribution in [2.75, 3.05) is 4.90 Å². The van der Waals surface area contributed by atoms with Crippen LogP contribution in [-0.2, 0) is 9.59 Å². The third kappa shape index (κ3) is 3.93. The Morgan fingerprint density at radius 1 is 0.765 bits per heavy atom. The van der Waals surface area contributed by atoms with E-state index >= 15 is 0 Å². The molecule has 2 aliphatic carbocycles. The van der Waals surface area contributed by atoms with E-state index in [1.54, 1.807) is 12.1 Å². The lowest BCUT2D eigenvalue weighted by Crippen LogP contribution is -2.44. The molecule has 0 atom stereocenters. The third-order valence-corrected chi connectivity index (χ3v) is 7.76. The fourth-order valence-electron chi connectivity index (χ4n) is 5.90. The van der Waals surface area contributed by atoms with Crippen LogP contribution < -0.4 is 4.90 Å². The van der Waals surface area contributed by atoms with Gasteiger partial charge in [0, 0.05) is 57.0 Å². The molecule has 3 aliphatic rings. The van der Waals surface area contributed by atoms with Crippen molar-refractivity contribution in [2.45, 2.75) is 59.3 Å². The van der Waals surface area contributed by atoms with Crippen LogP contribution in [0.15, 0.2) is 71.1 Å². The normalized spacial score (nSPS) is 22.1. The van der Waals surface area contributed by atoms with Gasteiger partial charge in [0.1, 0.15) is 0 Å². The molecule has 176 valence electrons. The van der Waals surface area contributed by atoms with Gasteiger partial charge in [-0.15, -0.1) is 0 Å². The summed E-state index contributed by atoms with van der Waals surface area (Å²) in [7, 11) is 0. The third-order valence-electron chi connectivity index (χ3n) is 7.20. The van der Waals surface area contributed by atoms with Gasteiger partial charge in [0.05, 0.1) is 0 Å². The van der Waals surface area contributed by atoms with Gasteiger partial charge in [-0.05, 0) is 53.5 Å². The maximum atomic E-state index is 13.8. The number of Topliss-reactive ketones (excluding diaryl/α,β-unsaturated/α-hetero) is 2. The molecule has 5 heteroatoms. The van der Waals surface area contributed by atoms with E-state index in [0.29, 0.717) is 34.0 Å². The molecule has 0 radical (unpaired) electrons. The molecular weight excluding hydrogens is 465 g/mol. The minimum atomic E-state index is -0.470. The molecule has 0 spiro atoms. The number of nitrogens with zero attached hydrogens (tertiary/aromatic N) is 1. The average Bonchev–Trinajstić information content (AvgIpc) is 2.71. The molecule has 1 heterocycles.